The molecule has 0 bridgehead atoms. The van der Waals surface area contributed by atoms with Gasteiger partial charge in [-0.1, -0.05) is 18.2 Å². The van der Waals surface area contributed by atoms with E-state index >= 15 is 0 Å². The monoisotopic (exact) mass is 433 g/mol. The molecule has 0 aliphatic carbocycles. The molecule has 3 aromatic heterocycles. The van der Waals surface area contributed by atoms with Gasteiger partial charge in [-0.25, -0.2) is 9.97 Å². The number of nitrogens with zero attached hydrogens (tertiary/aromatic N) is 6. The van der Waals surface area contributed by atoms with Gasteiger partial charge >= 0.3 is 0 Å². The molecule has 0 aliphatic heterocycles. The van der Waals surface area contributed by atoms with Crippen LogP contribution in [0.1, 0.15) is 15.9 Å². The second kappa shape index (κ2) is 8.05. The predicted molar refractivity (Wildman–Crippen MR) is 125 cm³/mol. The molecular weight excluding hydrogens is 414 g/mol. The minimum Gasteiger partial charge on any atom is -0.345 e. The summed E-state index contributed by atoms with van der Waals surface area (Å²) >= 11 is 0. The van der Waals surface area contributed by atoms with E-state index in [0.717, 1.165) is 33.4 Å². The van der Waals surface area contributed by atoms with Crippen LogP contribution in [0, 0.1) is 11.3 Å². The van der Waals surface area contributed by atoms with Crippen molar-refractivity contribution in [3.63, 3.8) is 0 Å². The first-order valence-corrected chi connectivity index (χ1v) is 10.2. The van der Waals surface area contributed by atoms with E-state index in [4.69, 9.17) is 5.26 Å². The summed E-state index contributed by atoms with van der Waals surface area (Å²) < 4.78 is 1.89. The third-order valence-electron chi connectivity index (χ3n) is 5.45. The Kier molecular flexibility index (Phi) is 4.92. The highest BCUT2D eigenvalue weighted by Gasteiger charge is 2.14. The van der Waals surface area contributed by atoms with E-state index in [1.807, 2.05) is 41.0 Å². The van der Waals surface area contributed by atoms with E-state index in [0.29, 0.717) is 16.9 Å². The summed E-state index contributed by atoms with van der Waals surface area (Å²) in [7, 11) is 3.42. The van der Waals surface area contributed by atoms with Crippen molar-refractivity contribution in [3.05, 3.63) is 84.4 Å². The molecule has 0 saturated carbocycles. The van der Waals surface area contributed by atoms with Gasteiger partial charge in [-0.2, -0.15) is 10.4 Å². The molecule has 8 heteroatoms. The molecule has 33 heavy (non-hydrogen) atoms. The Labute approximate surface area is 189 Å². The average Bonchev–Trinajstić information content (AvgIpc) is 3.51. The number of benzene rings is 2. The Morgan fingerprint density at radius 3 is 2.48 bits per heavy atom. The third-order valence-corrected chi connectivity index (χ3v) is 5.45. The van der Waals surface area contributed by atoms with Gasteiger partial charge in [0.1, 0.15) is 12.1 Å². The van der Waals surface area contributed by atoms with Crippen LogP contribution in [0.5, 0.6) is 0 Å². The molecule has 0 atom stereocenters. The van der Waals surface area contributed by atoms with Gasteiger partial charge in [-0.3, -0.25) is 14.5 Å². The van der Waals surface area contributed by atoms with Gasteiger partial charge in [-0.15, -0.1) is 0 Å². The molecule has 3 heterocycles. The molecule has 1 amide bonds. The Balaban J connectivity index is 1.54. The highest BCUT2D eigenvalue weighted by molar-refractivity contribution is 5.93. The molecule has 160 valence electrons. The van der Waals surface area contributed by atoms with E-state index in [2.05, 4.69) is 26.2 Å². The lowest BCUT2D eigenvalue weighted by molar-refractivity contribution is 0.0827. The van der Waals surface area contributed by atoms with E-state index in [9.17, 15) is 4.79 Å². The number of amides is 1. The van der Waals surface area contributed by atoms with Crippen LogP contribution in [-0.4, -0.2) is 49.6 Å². The zero-order valence-electron chi connectivity index (χ0n) is 18.0. The number of H-pyrrole nitrogens is 1. The first-order valence-electron chi connectivity index (χ1n) is 10.2. The van der Waals surface area contributed by atoms with E-state index in [1.165, 1.54) is 4.90 Å². The van der Waals surface area contributed by atoms with Crippen molar-refractivity contribution in [1.29, 1.82) is 5.26 Å². The molecule has 0 aliphatic rings. The molecule has 0 unspecified atom stereocenters. The van der Waals surface area contributed by atoms with Gasteiger partial charge in [0, 0.05) is 31.4 Å². The minimum absolute atomic E-state index is 0.0953. The standard InChI is InChI=1S/C25H19N7O/c1-31(2)25(33)19-8-10-23(27-13-19)32-15-28-21-9-7-18(11-22(21)32)20-14-29-30-24(20)17-5-3-16(12-26)4-6-17/h3-11,13-15H,1-2H3,(H,29,30). The molecule has 0 saturated heterocycles. The summed E-state index contributed by atoms with van der Waals surface area (Å²) in [6.07, 6.45) is 5.09. The minimum atomic E-state index is -0.0953. The number of fused-ring (bicyclic) bond motifs is 1. The van der Waals surface area contributed by atoms with Crippen molar-refractivity contribution in [2.75, 3.05) is 14.1 Å². The van der Waals surface area contributed by atoms with E-state index < -0.39 is 0 Å². The van der Waals surface area contributed by atoms with Crippen molar-refractivity contribution in [1.82, 2.24) is 29.6 Å². The van der Waals surface area contributed by atoms with Gasteiger partial charge in [0.2, 0.25) is 0 Å². The van der Waals surface area contributed by atoms with Gasteiger partial charge in [0.15, 0.2) is 0 Å². The Morgan fingerprint density at radius 1 is 1.00 bits per heavy atom. The Hall–Kier alpha value is -4.77. The van der Waals surface area contributed by atoms with Crippen LogP contribution in [0.3, 0.4) is 0 Å². The number of aromatic nitrogens is 5. The summed E-state index contributed by atoms with van der Waals surface area (Å²) in [5.74, 6) is 0.576. The number of imidazole rings is 1. The molecule has 0 fully saturated rings. The fourth-order valence-electron chi connectivity index (χ4n) is 3.71. The molecule has 0 spiro atoms. The summed E-state index contributed by atoms with van der Waals surface area (Å²) in [6, 6.07) is 19.1. The van der Waals surface area contributed by atoms with E-state index in [1.54, 1.807) is 51.0 Å². The van der Waals surface area contributed by atoms with Crippen molar-refractivity contribution < 1.29 is 4.79 Å². The van der Waals surface area contributed by atoms with Crippen LogP contribution in [0.4, 0.5) is 0 Å². The molecule has 5 aromatic rings. The number of aromatic amines is 1. The first-order chi connectivity index (χ1) is 16.0. The maximum Gasteiger partial charge on any atom is 0.254 e. The van der Waals surface area contributed by atoms with Gasteiger partial charge < -0.3 is 4.90 Å². The normalized spacial score (nSPS) is 10.8. The SMILES string of the molecule is CN(C)C(=O)c1ccc(-n2cnc3ccc(-c4cn[nH]c4-c4ccc(C#N)cc4)cc32)nc1. The largest absolute Gasteiger partial charge is 0.345 e. The summed E-state index contributed by atoms with van der Waals surface area (Å²) in [4.78, 5) is 22.7. The number of hydrogen-bond donors (Lipinski definition) is 1. The van der Waals surface area contributed by atoms with Crippen molar-refractivity contribution in [2.45, 2.75) is 0 Å². The fourth-order valence-corrected chi connectivity index (χ4v) is 3.71. The molecule has 8 nitrogen and oxygen atoms in total. The Bertz CT molecular complexity index is 1500. The topological polar surface area (TPSA) is 103 Å². The smallest absolute Gasteiger partial charge is 0.254 e. The zero-order chi connectivity index (χ0) is 22.9. The summed E-state index contributed by atoms with van der Waals surface area (Å²) in [5, 5.41) is 16.4. The molecule has 5 rings (SSSR count). The number of carbonyl (C=O) groups excluding carboxylic acids is 1. The number of pyridine rings is 1. The summed E-state index contributed by atoms with van der Waals surface area (Å²) in [6.45, 7) is 0. The first kappa shape index (κ1) is 20.2. The zero-order valence-corrected chi connectivity index (χ0v) is 18.0. The van der Waals surface area contributed by atoms with Gasteiger partial charge in [-0.05, 0) is 42.0 Å². The van der Waals surface area contributed by atoms with Crippen molar-refractivity contribution in [3.8, 4) is 34.3 Å². The average molecular weight is 433 g/mol. The number of rotatable bonds is 4. The van der Waals surface area contributed by atoms with Gasteiger partial charge in [0.05, 0.1) is 40.1 Å². The van der Waals surface area contributed by atoms with Crippen LogP contribution >= 0.6 is 0 Å². The molecular formula is C25H19N7O. The van der Waals surface area contributed by atoms with Crippen LogP contribution in [0.2, 0.25) is 0 Å². The van der Waals surface area contributed by atoms with Crippen LogP contribution in [0.15, 0.2) is 73.3 Å². The second-order valence-corrected chi connectivity index (χ2v) is 7.77. The lowest BCUT2D eigenvalue weighted by Gasteiger charge is -2.10. The molecule has 2 aromatic carbocycles. The van der Waals surface area contributed by atoms with Gasteiger partial charge in [0.25, 0.3) is 5.91 Å². The van der Waals surface area contributed by atoms with Crippen LogP contribution in [0.25, 0.3) is 39.2 Å². The lowest BCUT2D eigenvalue weighted by atomic mass is 10.0. The highest BCUT2D eigenvalue weighted by atomic mass is 16.2. The van der Waals surface area contributed by atoms with Crippen LogP contribution < -0.4 is 0 Å². The van der Waals surface area contributed by atoms with Crippen LogP contribution in [-0.2, 0) is 0 Å². The van der Waals surface area contributed by atoms with Crippen molar-refractivity contribution in [2.24, 2.45) is 0 Å². The maximum atomic E-state index is 12.2. The number of hydrogen-bond acceptors (Lipinski definition) is 5. The van der Waals surface area contributed by atoms with E-state index in [-0.39, 0.29) is 5.91 Å². The van der Waals surface area contributed by atoms with Crippen molar-refractivity contribution >= 4 is 16.9 Å². The quantitative estimate of drug-likeness (QED) is 0.460. The molecule has 0 radical (unpaired) electrons. The maximum absolute atomic E-state index is 12.2. The third kappa shape index (κ3) is 3.62. The number of carbonyl (C=O) groups is 1. The highest BCUT2D eigenvalue weighted by Crippen LogP contribution is 2.32. The molecule has 1 N–H and O–H groups in total. The predicted octanol–water partition coefficient (Wildman–Crippen LogP) is 4.05. The fraction of sp³-hybridized carbons (Fsp3) is 0.0800. The number of nitriles is 1. The lowest BCUT2D eigenvalue weighted by Crippen LogP contribution is -2.21. The summed E-state index contributed by atoms with van der Waals surface area (Å²) in [5.41, 5.74) is 6.57. The number of nitrogens with one attached hydrogen (secondary N) is 1. The second-order valence-electron chi connectivity index (χ2n) is 7.77. The Morgan fingerprint density at radius 2 is 1.79 bits per heavy atom.